The molecule has 2 aromatic carbocycles. The third kappa shape index (κ3) is 3.12. The van der Waals surface area contributed by atoms with E-state index in [-0.39, 0.29) is 16.9 Å². The maximum atomic E-state index is 12.2. The predicted octanol–water partition coefficient (Wildman–Crippen LogP) is 2.70. The molecule has 0 unspecified atom stereocenters. The molecule has 24 heavy (non-hydrogen) atoms. The molecule has 8 nitrogen and oxygen atoms in total. The molecule has 0 saturated carbocycles. The van der Waals surface area contributed by atoms with Crippen molar-refractivity contribution in [3.05, 3.63) is 76.4 Å². The highest BCUT2D eigenvalue weighted by Crippen LogP contribution is 2.24. The maximum absolute atomic E-state index is 12.2. The van der Waals surface area contributed by atoms with E-state index in [0.29, 0.717) is 5.75 Å². The fourth-order valence-electron chi connectivity index (χ4n) is 2.17. The van der Waals surface area contributed by atoms with Gasteiger partial charge in [0.05, 0.1) is 10.5 Å². The second kappa shape index (κ2) is 6.29. The van der Waals surface area contributed by atoms with E-state index in [4.69, 9.17) is 4.74 Å². The van der Waals surface area contributed by atoms with E-state index < -0.39 is 10.9 Å². The van der Waals surface area contributed by atoms with E-state index in [1.807, 2.05) is 13.0 Å². The van der Waals surface area contributed by atoms with Crippen molar-refractivity contribution in [2.45, 2.75) is 6.92 Å². The van der Waals surface area contributed by atoms with Crippen LogP contribution in [0.3, 0.4) is 0 Å². The van der Waals surface area contributed by atoms with Gasteiger partial charge in [0.2, 0.25) is 0 Å². The van der Waals surface area contributed by atoms with Gasteiger partial charge >= 0.3 is 5.97 Å². The van der Waals surface area contributed by atoms with Gasteiger partial charge < -0.3 is 4.74 Å². The number of ether oxygens (including phenoxy) is 1. The maximum Gasteiger partial charge on any atom is 0.343 e. The van der Waals surface area contributed by atoms with E-state index in [1.54, 1.807) is 18.2 Å². The molecule has 0 spiro atoms. The van der Waals surface area contributed by atoms with Gasteiger partial charge in [0.25, 0.3) is 5.69 Å². The van der Waals surface area contributed by atoms with E-state index in [1.165, 1.54) is 29.5 Å². The van der Waals surface area contributed by atoms with Crippen molar-refractivity contribution in [1.29, 1.82) is 0 Å². The summed E-state index contributed by atoms with van der Waals surface area (Å²) in [6.45, 7) is 1.87. The van der Waals surface area contributed by atoms with Crippen LogP contribution in [0.25, 0.3) is 5.69 Å². The number of hydrogen-bond acceptors (Lipinski definition) is 6. The highest BCUT2D eigenvalue weighted by atomic mass is 16.6. The number of benzene rings is 2. The topological polar surface area (TPSA) is 100 Å². The lowest BCUT2D eigenvalue weighted by Gasteiger charge is -2.07. The van der Waals surface area contributed by atoms with Crippen LogP contribution in [0.4, 0.5) is 5.69 Å². The standard InChI is InChI=1S/C16H12N4O4/c1-11-3-2-4-13(7-11)24-16(21)12-5-6-14(15(8-12)20(22)23)19-10-17-9-18-19/h2-10H,1H3. The minimum atomic E-state index is -0.672. The van der Waals surface area contributed by atoms with Crippen LogP contribution in [-0.4, -0.2) is 25.7 Å². The summed E-state index contributed by atoms with van der Waals surface area (Å²) in [5.41, 5.74) is 0.962. The molecule has 0 aliphatic rings. The van der Waals surface area contributed by atoms with Gasteiger partial charge in [0.15, 0.2) is 0 Å². The van der Waals surface area contributed by atoms with Crippen LogP contribution in [-0.2, 0) is 0 Å². The summed E-state index contributed by atoms with van der Waals surface area (Å²) < 4.78 is 6.51. The van der Waals surface area contributed by atoms with Crippen molar-refractivity contribution in [3.8, 4) is 11.4 Å². The Bertz CT molecular complexity index is 906. The molecule has 0 bridgehead atoms. The van der Waals surface area contributed by atoms with Crippen molar-refractivity contribution < 1.29 is 14.5 Å². The van der Waals surface area contributed by atoms with Gasteiger partial charge in [-0.05, 0) is 36.8 Å². The number of carbonyl (C=O) groups excluding carboxylic acids is 1. The number of esters is 1. The number of aromatic nitrogens is 3. The monoisotopic (exact) mass is 324 g/mol. The lowest BCUT2D eigenvalue weighted by Crippen LogP contribution is -2.10. The molecule has 0 radical (unpaired) electrons. The molecule has 0 saturated heterocycles. The lowest BCUT2D eigenvalue weighted by molar-refractivity contribution is -0.384. The molecule has 0 amide bonds. The van der Waals surface area contributed by atoms with Crippen molar-refractivity contribution in [3.63, 3.8) is 0 Å². The molecule has 1 aromatic heterocycles. The Morgan fingerprint density at radius 3 is 2.75 bits per heavy atom. The van der Waals surface area contributed by atoms with Crippen molar-refractivity contribution in [2.75, 3.05) is 0 Å². The first-order valence-electron chi connectivity index (χ1n) is 6.97. The number of nitrogens with zero attached hydrogens (tertiary/aromatic N) is 4. The summed E-state index contributed by atoms with van der Waals surface area (Å²) in [6, 6.07) is 11.0. The van der Waals surface area contributed by atoms with Crippen LogP contribution < -0.4 is 4.74 Å². The average Bonchev–Trinajstić information content (AvgIpc) is 3.08. The molecular weight excluding hydrogens is 312 g/mol. The zero-order chi connectivity index (χ0) is 17.1. The third-order valence-electron chi connectivity index (χ3n) is 3.27. The van der Waals surface area contributed by atoms with Crippen LogP contribution in [0.5, 0.6) is 5.75 Å². The van der Waals surface area contributed by atoms with Crippen LogP contribution in [0.2, 0.25) is 0 Å². The number of aryl methyl sites for hydroxylation is 1. The van der Waals surface area contributed by atoms with Crippen molar-refractivity contribution in [1.82, 2.24) is 14.8 Å². The van der Waals surface area contributed by atoms with E-state index >= 15 is 0 Å². The smallest absolute Gasteiger partial charge is 0.343 e. The molecule has 120 valence electrons. The van der Waals surface area contributed by atoms with E-state index in [2.05, 4.69) is 10.1 Å². The number of hydrogen-bond donors (Lipinski definition) is 0. The minimum absolute atomic E-state index is 0.0760. The summed E-state index contributed by atoms with van der Waals surface area (Å²) in [5, 5.41) is 15.2. The van der Waals surface area contributed by atoms with Gasteiger partial charge in [0, 0.05) is 6.07 Å². The van der Waals surface area contributed by atoms with Gasteiger partial charge in [-0.1, -0.05) is 12.1 Å². The number of rotatable bonds is 4. The van der Waals surface area contributed by atoms with Gasteiger partial charge in [0.1, 0.15) is 24.1 Å². The SMILES string of the molecule is Cc1cccc(OC(=O)c2ccc(-n3cncn3)c([N+](=O)[O-])c2)c1. The summed E-state index contributed by atoms with van der Waals surface area (Å²) in [6.07, 6.45) is 2.61. The third-order valence-corrected chi connectivity index (χ3v) is 3.27. The Morgan fingerprint density at radius 1 is 1.25 bits per heavy atom. The molecule has 0 aliphatic heterocycles. The van der Waals surface area contributed by atoms with Crippen LogP contribution in [0, 0.1) is 17.0 Å². The molecule has 3 rings (SSSR count). The molecule has 0 aliphatic carbocycles. The van der Waals surface area contributed by atoms with Crippen LogP contribution in [0.15, 0.2) is 55.1 Å². The predicted molar refractivity (Wildman–Crippen MR) is 84.2 cm³/mol. The van der Waals surface area contributed by atoms with Crippen LogP contribution in [0.1, 0.15) is 15.9 Å². The Balaban J connectivity index is 1.93. The quantitative estimate of drug-likeness (QED) is 0.316. The first-order chi connectivity index (χ1) is 11.5. The van der Waals surface area contributed by atoms with Crippen molar-refractivity contribution >= 4 is 11.7 Å². The fourth-order valence-corrected chi connectivity index (χ4v) is 2.17. The minimum Gasteiger partial charge on any atom is -0.423 e. The number of nitro groups is 1. The van der Waals surface area contributed by atoms with Gasteiger partial charge in [-0.15, -0.1) is 0 Å². The van der Waals surface area contributed by atoms with Crippen molar-refractivity contribution in [2.24, 2.45) is 0 Å². The largest absolute Gasteiger partial charge is 0.423 e. The summed E-state index contributed by atoms with van der Waals surface area (Å²) in [4.78, 5) is 26.7. The average molecular weight is 324 g/mol. The van der Waals surface area contributed by atoms with E-state index in [0.717, 1.165) is 11.6 Å². The zero-order valence-electron chi connectivity index (χ0n) is 12.6. The second-order valence-corrected chi connectivity index (χ2v) is 5.01. The highest BCUT2D eigenvalue weighted by molar-refractivity contribution is 5.92. The Kier molecular flexibility index (Phi) is 4.02. The molecule has 8 heteroatoms. The summed E-state index contributed by atoms with van der Waals surface area (Å²) >= 11 is 0. The summed E-state index contributed by atoms with van der Waals surface area (Å²) in [5.74, 6) is -0.295. The highest BCUT2D eigenvalue weighted by Gasteiger charge is 2.20. The molecule has 0 fully saturated rings. The van der Waals surface area contributed by atoms with Crippen LogP contribution >= 0.6 is 0 Å². The fraction of sp³-hybridized carbons (Fsp3) is 0.0625. The Labute approximate surface area is 136 Å². The second-order valence-electron chi connectivity index (χ2n) is 5.01. The molecule has 0 atom stereocenters. The zero-order valence-corrected chi connectivity index (χ0v) is 12.6. The first-order valence-corrected chi connectivity index (χ1v) is 6.97. The van der Waals surface area contributed by atoms with Gasteiger partial charge in [-0.2, -0.15) is 5.10 Å². The Hall–Kier alpha value is -3.55. The number of carbonyl (C=O) groups is 1. The molecule has 3 aromatic rings. The van der Waals surface area contributed by atoms with Gasteiger partial charge in [-0.25, -0.2) is 14.5 Å². The summed E-state index contributed by atoms with van der Waals surface area (Å²) in [7, 11) is 0. The Morgan fingerprint density at radius 2 is 2.08 bits per heavy atom. The van der Waals surface area contributed by atoms with Gasteiger partial charge in [-0.3, -0.25) is 10.1 Å². The lowest BCUT2D eigenvalue weighted by atomic mass is 10.1. The molecule has 1 heterocycles. The molecular formula is C16H12N4O4. The normalized spacial score (nSPS) is 10.4. The van der Waals surface area contributed by atoms with E-state index in [9.17, 15) is 14.9 Å². The first kappa shape index (κ1) is 15.3. The molecule has 0 N–H and O–H groups in total. The number of nitro benzene ring substituents is 1.